The third-order valence-corrected chi connectivity index (χ3v) is 5.43. The Morgan fingerprint density at radius 2 is 1.88 bits per heavy atom. The second-order valence-electron chi connectivity index (χ2n) is 6.75. The van der Waals surface area contributed by atoms with E-state index in [1.807, 2.05) is 30.3 Å². The molecule has 0 fully saturated rings. The lowest BCUT2D eigenvalue weighted by atomic mass is 9.75. The summed E-state index contributed by atoms with van der Waals surface area (Å²) in [7, 11) is 3.23. The van der Waals surface area contributed by atoms with Gasteiger partial charge >= 0.3 is 0 Å². The summed E-state index contributed by atoms with van der Waals surface area (Å²) in [6.45, 7) is 0. The number of fused-ring (bicyclic) bond motifs is 5. The van der Waals surface area contributed by atoms with Gasteiger partial charge in [-0.1, -0.05) is 0 Å². The topological polar surface area (TPSA) is 57.9 Å². The lowest BCUT2D eigenvalue weighted by Crippen LogP contribution is -2.39. The molecule has 0 N–H and O–H groups in total. The largest absolute Gasteiger partial charge is 0.493 e. The average molecular weight is 350 g/mol. The molecule has 2 atom stereocenters. The number of methoxy groups -OCH3 is 2. The van der Waals surface area contributed by atoms with Crippen LogP contribution in [0.3, 0.4) is 0 Å². The second kappa shape index (κ2) is 5.53. The van der Waals surface area contributed by atoms with Crippen LogP contribution in [0.5, 0.6) is 17.2 Å². The van der Waals surface area contributed by atoms with Gasteiger partial charge in [-0.25, -0.2) is 0 Å². The van der Waals surface area contributed by atoms with Gasteiger partial charge in [0.1, 0.15) is 17.4 Å². The Balaban J connectivity index is 1.66. The van der Waals surface area contributed by atoms with Crippen LogP contribution >= 0.6 is 0 Å². The van der Waals surface area contributed by atoms with Gasteiger partial charge in [0.25, 0.3) is 0 Å². The molecule has 0 saturated carbocycles. The standard InChI is InChI=1S/C21H18O5/c1-23-18-8-11-3-4-15-20(13(11)9-19(18)24-2)21(22)14-7-12-5-6-25-16(12)10-17(14)26-15/h5-10,15,20H,3-4H2,1-2H3. The summed E-state index contributed by atoms with van der Waals surface area (Å²) in [5.41, 5.74) is 3.44. The minimum atomic E-state index is -0.324. The molecule has 2 heterocycles. The first-order valence-electron chi connectivity index (χ1n) is 8.66. The first-order chi connectivity index (χ1) is 12.7. The number of ether oxygens (including phenoxy) is 3. The zero-order valence-electron chi connectivity index (χ0n) is 14.6. The lowest BCUT2D eigenvalue weighted by Gasteiger charge is -2.37. The highest BCUT2D eigenvalue weighted by atomic mass is 16.5. The zero-order chi connectivity index (χ0) is 17.8. The highest BCUT2D eigenvalue weighted by Crippen LogP contribution is 2.46. The third kappa shape index (κ3) is 2.06. The van der Waals surface area contributed by atoms with E-state index in [0.717, 1.165) is 34.9 Å². The van der Waals surface area contributed by atoms with Crippen LogP contribution in [-0.4, -0.2) is 26.1 Å². The lowest BCUT2D eigenvalue weighted by molar-refractivity contribution is 0.0748. The Labute approximate surface area is 150 Å². The molecule has 0 radical (unpaired) electrons. The van der Waals surface area contributed by atoms with Crippen molar-refractivity contribution in [3.63, 3.8) is 0 Å². The van der Waals surface area contributed by atoms with Gasteiger partial charge in [0.15, 0.2) is 17.3 Å². The van der Waals surface area contributed by atoms with Gasteiger partial charge in [0, 0.05) is 11.5 Å². The van der Waals surface area contributed by atoms with Crippen molar-refractivity contribution < 1.29 is 23.4 Å². The molecule has 0 amide bonds. The van der Waals surface area contributed by atoms with E-state index in [1.165, 1.54) is 0 Å². The van der Waals surface area contributed by atoms with Crippen molar-refractivity contribution in [2.24, 2.45) is 0 Å². The number of rotatable bonds is 2. The van der Waals surface area contributed by atoms with E-state index in [4.69, 9.17) is 18.6 Å². The fraction of sp³-hybridized carbons (Fsp3) is 0.286. The minimum absolute atomic E-state index is 0.0903. The molecule has 5 nitrogen and oxygen atoms in total. The van der Waals surface area contributed by atoms with Gasteiger partial charge in [-0.3, -0.25) is 4.79 Å². The number of carbonyl (C=O) groups is 1. The monoisotopic (exact) mass is 350 g/mol. The molecule has 5 rings (SSSR count). The Bertz CT molecular complexity index is 1030. The maximum atomic E-state index is 13.4. The molecule has 1 aliphatic carbocycles. The van der Waals surface area contributed by atoms with Crippen molar-refractivity contribution in [2.75, 3.05) is 14.2 Å². The molecule has 2 aromatic carbocycles. The van der Waals surface area contributed by atoms with Gasteiger partial charge < -0.3 is 18.6 Å². The summed E-state index contributed by atoms with van der Waals surface area (Å²) >= 11 is 0. The first kappa shape index (κ1) is 15.3. The molecule has 1 aromatic heterocycles. The van der Waals surface area contributed by atoms with Crippen LogP contribution < -0.4 is 14.2 Å². The number of aryl methyl sites for hydroxylation is 1. The Morgan fingerprint density at radius 1 is 1.08 bits per heavy atom. The average Bonchev–Trinajstić information content (AvgIpc) is 3.12. The van der Waals surface area contributed by atoms with Gasteiger partial charge in [-0.15, -0.1) is 0 Å². The Kier molecular flexibility index (Phi) is 3.26. The molecule has 1 aliphatic heterocycles. The molecular weight excluding hydrogens is 332 g/mol. The van der Waals surface area contributed by atoms with Crippen LogP contribution in [0.2, 0.25) is 0 Å². The van der Waals surface area contributed by atoms with Gasteiger partial charge in [0.2, 0.25) is 0 Å². The number of carbonyl (C=O) groups excluding carboxylic acids is 1. The predicted molar refractivity (Wildman–Crippen MR) is 95.6 cm³/mol. The van der Waals surface area contributed by atoms with Crippen LogP contribution in [0.4, 0.5) is 0 Å². The van der Waals surface area contributed by atoms with Gasteiger partial charge in [0.05, 0.1) is 32.0 Å². The number of Topliss-reactive ketones (excluding diaryl/α,β-unsaturated/α-hetero) is 1. The van der Waals surface area contributed by atoms with Crippen LogP contribution in [0.25, 0.3) is 11.0 Å². The number of hydrogen-bond acceptors (Lipinski definition) is 5. The summed E-state index contributed by atoms with van der Waals surface area (Å²) in [5.74, 6) is 1.70. The third-order valence-electron chi connectivity index (χ3n) is 5.43. The SMILES string of the molecule is COc1cc2c(cc1OC)C1C(=O)c3cc4ccoc4cc3OC1CC2. The molecule has 132 valence electrons. The smallest absolute Gasteiger partial charge is 0.177 e. The summed E-state index contributed by atoms with van der Waals surface area (Å²) in [5, 5.41) is 0.905. The van der Waals surface area contributed by atoms with E-state index in [9.17, 15) is 4.79 Å². The Morgan fingerprint density at radius 3 is 2.69 bits per heavy atom. The molecule has 0 saturated heterocycles. The van der Waals surface area contributed by atoms with E-state index in [2.05, 4.69) is 0 Å². The number of ketones is 1. The summed E-state index contributed by atoms with van der Waals surface area (Å²) in [6.07, 6.45) is 3.07. The number of furan rings is 1. The number of hydrogen-bond donors (Lipinski definition) is 0. The molecule has 26 heavy (non-hydrogen) atoms. The van der Waals surface area contributed by atoms with Crippen molar-refractivity contribution in [1.29, 1.82) is 0 Å². The molecule has 3 aromatic rings. The maximum absolute atomic E-state index is 13.4. The summed E-state index contributed by atoms with van der Waals surface area (Å²) in [6, 6.07) is 9.45. The number of benzene rings is 2. The second-order valence-corrected chi connectivity index (χ2v) is 6.75. The van der Waals surface area contributed by atoms with Crippen LogP contribution in [0, 0.1) is 0 Å². The Hall–Kier alpha value is -2.95. The van der Waals surface area contributed by atoms with Crippen molar-refractivity contribution in [2.45, 2.75) is 24.9 Å². The van der Waals surface area contributed by atoms with Crippen LogP contribution in [0.15, 0.2) is 41.0 Å². The van der Waals surface area contributed by atoms with Crippen LogP contribution in [-0.2, 0) is 6.42 Å². The molecule has 2 unspecified atom stereocenters. The summed E-state index contributed by atoms with van der Waals surface area (Å²) < 4.78 is 22.5. The minimum Gasteiger partial charge on any atom is -0.493 e. The van der Waals surface area contributed by atoms with Crippen molar-refractivity contribution in [3.8, 4) is 17.2 Å². The maximum Gasteiger partial charge on any atom is 0.177 e. The van der Waals surface area contributed by atoms with Crippen molar-refractivity contribution >= 4 is 16.8 Å². The van der Waals surface area contributed by atoms with E-state index in [1.54, 1.807) is 20.5 Å². The summed E-state index contributed by atoms with van der Waals surface area (Å²) in [4.78, 5) is 13.4. The fourth-order valence-corrected chi connectivity index (χ4v) is 4.16. The first-order valence-corrected chi connectivity index (χ1v) is 8.66. The molecular formula is C21H18O5. The van der Waals surface area contributed by atoms with Gasteiger partial charge in [-0.2, -0.15) is 0 Å². The van der Waals surface area contributed by atoms with E-state index in [0.29, 0.717) is 22.8 Å². The predicted octanol–water partition coefficient (Wildman–Crippen LogP) is 4.12. The van der Waals surface area contributed by atoms with Gasteiger partial charge in [-0.05, 0) is 48.2 Å². The molecule has 5 heteroatoms. The van der Waals surface area contributed by atoms with Crippen molar-refractivity contribution in [1.82, 2.24) is 0 Å². The highest BCUT2D eigenvalue weighted by Gasteiger charge is 2.42. The fourth-order valence-electron chi connectivity index (χ4n) is 4.16. The van der Waals surface area contributed by atoms with E-state index >= 15 is 0 Å². The zero-order valence-corrected chi connectivity index (χ0v) is 14.6. The molecule has 0 bridgehead atoms. The molecule has 2 aliphatic rings. The van der Waals surface area contributed by atoms with Crippen LogP contribution in [0.1, 0.15) is 33.8 Å². The normalized spacial score (nSPS) is 20.8. The van der Waals surface area contributed by atoms with Crippen molar-refractivity contribution in [3.05, 3.63) is 53.3 Å². The quantitative estimate of drug-likeness (QED) is 0.696. The van der Waals surface area contributed by atoms with E-state index in [-0.39, 0.29) is 17.8 Å². The highest BCUT2D eigenvalue weighted by molar-refractivity contribution is 6.07. The molecule has 0 spiro atoms. The van der Waals surface area contributed by atoms with E-state index < -0.39 is 0 Å².